The van der Waals surface area contributed by atoms with Crippen molar-refractivity contribution in [2.45, 2.75) is 45.2 Å². The molecule has 1 aliphatic carbocycles. The molecule has 1 aromatic carbocycles. The number of nitrogens with zero attached hydrogens (tertiary/aromatic N) is 3. The van der Waals surface area contributed by atoms with Gasteiger partial charge in [-0.2, -0.15) is 5.10 Å². The second kappa shape index (κ2) is 6.27. The number of carbonyl (C=O) groups is 1. The molecule has 0 unspecified atom stereocenters. The first kappa shape index (κ1) is 17.1. The number of benzene rings is 1. The number of nitrogens with one attached hydrogen (secondary N) is 1. The zero-order chi connectivity index (χ0) is 18.2. The Hall–Kier alpha value is -2.77. The first-order valence-corrected chi connectivity index (χ1v) is 8.08. The molecule has 2 aromatic rings. The van der Waals surface area contributed by atoms with Crippen LogP contribution in [-0.2, 0) is 16.9 Å². The molecule has 1 heterocycles. The number of carbonyl (C=O) groups excluding carboxylic acids is 1. The van der Waals surface area contributed by atoms with Crippen molar-refractivity contribution in [1.29, 1.82) is 0 Å². The Morgan fingerprint density at radius 3 is 2.48 bits per heavy atom. The summed E-state index contributed by atoms with van der Waals surface area (Å²) in [4.78, 5) is 23.1. The molecule has 0 spiro atoms. The molecule has 1 aliphatic rings. The Morgan fingerprint density at radius 2 is 2.00 bits per heavy atom. The fourth-order valence-corrected chi connectivity index (χ4v) is 3.33. The lowest BCUT2D eigenvalue weighted by Gasteiger charge is -2.43. The normalized spacial score (nSPS) is 15.5. The van der Waals surface area contributed by atoms with Gasteiger partial charge in [-0.15, -0.1) is 0 Å². The molecule has 0 radical (unpaired) electrons. The van der Waals surface area contributed by atoms with Crippen LogP contribution >= 0.6 is 0 Å². The minimum Gasteiger partial charge on any atom is -0.345 e. The molecule has 1 N–H and O–H groups in total. The zero-order valence-corrected chi connectivity index (χ0v) is 14.1. The van der Waals surface area contributed by atoms with Crippen LogP contribution in [-0.4, -0.2) is 20.6 Å². The van der Waals surface area contributed by atoms with Crippen molar-refractivity contribution < 1.29 is 14.1 Å². The molecule has 8 heteroatoms. The summed E-state index contributed by atoms with van der Waals surface area (Å²) in [6.07, 6.45) is 2.53. The van der Waals surface area contributed by atoms with Gasteiger partial charge in [0, 0.05) is 0 Å². The van der Waals surface area contributed by atoms with E-state index in [1.807, 2.05) is 0 Å². The highest BCUT2D eigenvalue weighted by Gasteiger charge is 2.40. The average molecular weight is 346 g/mol. The van der Waals surface area contributed by atoms with E-state index in [2.05, 4.69) is 10.4 Å². The van der Waals surface area contributed by atoms with E-state index in [0.717, 1.165) is 24.8 Å². The predicted octanol–water partition coefficient (Wildman–Crippen LogP) is 2.74. The molecule has 0 saturated heterocycles. The van der Waals surface area contributed by atoms with Gasteiger partial charge in [0.2, 0.25) is 5.91 Å². The summed E-state index contributed by atoms with van der Waals surface area (Å²) in [7, 11) is 0. The Labute approximate surface area is 144 Å². The molecule has 25 heavy (non-hydrogen) atoms. The van der Waals surface area contributed by atoms with Gasteiger partial charge in [0.05, 0.1) is 10.5 Å². The van der Waals surface area contributed by atoms with Crippen LogP contribution in [0, 0.1) is 29.8 Å². The summed E-state index contributed by atoms with van der Waals surface area (Å²) in [5, 5.41) is 18.2. The van der Waals surface area contributed by atoms with Crippen molar-refractivity contribution in [3.63, 3.8) is 0 Å². The quantitative estimate of drug-likeness (QED) is 0.666. The summed E-state index contributed by atoms with van der Waals surface area (Å²) in [5.41, 5.74) is 0.944. The van der Waals surface area contributed by atoms with Gasteiger partial charge < -0.3 is 5.32 Å². The summed E-state index contributed by atoms with van der Waals surface area (Å²) in [6.45, 7) is 3.03. The van der Waals surface area contributed by atoms with Gasteiger partial charge in [-0.3, -0.25) is 19.6 Å². The highest BCUT2D eigenvalue weighted by atomic mass is 19.1. The molecule has 132 valence electrons. The standard InChI is InChI=1S/C17H19FN4O3/c1-11-16(22(24)25)12(2)21(20-11)10-15(23)19-17(8-3-9-17)13-4-6-14(18)7-5-13/h4-7H,3,8-10H2,1-2H3,(H,19,23). The predicted molar refractivity (Wildman–Crippen MR) is 88.4 cm³/mol. The molecule has 1 fully saturated rings. The number of aryl methyl sites for hydroxylation is 1. The third-order valence-corrected chi connectivity index (χ3v) is 4.80. The minimum atomic E-state index is -0.493. The lowest BCUT2D eigenvalue weighted by Crippen LogP contribution is -2.51. The van der Waals surface area contributed by atoms with E-state index in [1.165, 1.54) is 16.8 Å². The Bertz CT molecular complexity index is 825. The molecule has 1 saturated carbocycles. The average Bonchev–Trinajstić information content (AvgIpc) is 2.78. The van der Waals surface area contributed by atoms with Crippen molar-refractivity contribution in [2.75, 3.05) is 0 Å². The van der Waals surface area contributed by atoms with Gasteiger partial charge in [-0.25, -0.2) is 4.39 Å². The number of hydrogen-bond donors (Lipinski definition) is 1. The number of nitro groups is 1. The van der Waals surface area contributed by atoms with Crippen LogP contribution in [0.25, 0.3) is 0 Å². The number of halogens is 1. The second-order valence-corrected chi connectivity index (χ2v) is 6.42. The molecule has 7 nitrogen and oxygen atoms in total. The molecular formula is C17H19FN4O3. The summed E-state index contributed by atoms with van der Waals surface area (Å²) in [5.74, 6) is -0.593. The summed E-state index contributed by atoms with van der Waals surface area (Å²) < 4.78 is 14.5. The summed E-state index contributed by atoms with van der Waals surface area (Å²) in [6, 6.07) is 6.13. The van der Waals surface area contributed by atoms with Gasteiger partial charge in [0.15, 0.2) is 0 Å². The Morgan fingerprint density at radius 1 is 1.36 bits per heavy atom. The van der Waals surface area contributed by atoms with Gasteiger partial charge in [-0.05, 0) is 50.8 Å². The molecule has 1 aromatic heterocycles. The molecular weight excluding hydrogens is 327 g/mol. The van der Waals surface area contributed by atoms with Crippen molar-refractivity contribution in [3.05, 3.63) is 57.1 Å². The van der Waals surface area contributed by atoms with Crippen molar-refractivity contribution >= 4 is 11.6 Å². The largest absolute Gasteiger partial charge is 0.345 e. The smallest absolute Gasteiger partial charge is 0.312 e. The molecule has 0 aliphatic heterocycles. The second-order valence-electron chi connectivity index (χ2n) is 6.42. The van der Waals surface area contributed by atoms with Crippen LogP contribution in [0.2, 0.25) is 0 Å². The van der Waals surface area contributed by atoms with E-state index in [1.54, 1.807) is 26.0 Å². The molecule has 3 rings (SSSR count). The zero-order valence-electron chi connectivity index (χ0n) is 14.1. The van der Waals surface area contributed by atoms with Crippen LogP contribution in [0.3, 0.4) is 0 Å². The van der Waals surface area contributed by atoms with Crippen molar-refractivity contribution in [1.82, 2.24) is 15.1 Å². The van der Waals surface area contributed by atoms with E-state index in [-0.39, 0.29) is 29.7 Å². The first-order valence-electron chi connectivity index (χ1n) is 8.08. The highest BCUT2D eigenvalue weighted by molar-refractivity contribution is 5.77. The monoisotopic (exact) mass is 346 g/mol. The lowest BCUT2D eigenvalue weighted by molar-refractivity contribution is -0.386. The maximum atomic E-state index is 13.1. The van der Waals surface area contributed by atoms with Gasteiger partial charge in [0.25, 0.3) is 0 Å². The topological polar surface area (TPSA) is 90.1 Å². The van der Waals surface area contributed by atoms with E-state index in [4.69, 9.17) is 0 Å². The van der Waals surface area contributed by atoms with Gasteiger partial charge >= 0.3 is 5.69 Å². The van der Waals surface area contributed by atoms with E-state index in [0.29, 0.717) is 5.69 Å². The maximum Gasteiger partial charge on any atom is 0.312 e. The minimum absolute atomic E-state index is 0.0651. The Kier molecular flexibility index (Phi) is 4.28. The van der Waals surface area contributed by atoms with Gasteiger partial charge in [-0.1, -0.05) is 12.1 Å². The van der Waals surface area contributed by atoms with Crippen LogP contribution < -0.4 is 5.32 Å². The van der Waals surface area contributed by atoms with E-state index < -0.39 is 10.5 Å². The summed E-state index contributed by atoms with van der Waals surface area (Å²) >= 11 is 0. The highest BCUT2D eigenvalue weighted by Crippen LogP contribution is 2.41. The van der Waals surface area contributed by atoms with E-state index in [9.17, 15) is 19.3 Å². The van der Waals surface area contributed by atoms with Crippen LogP contribution in [0.1, 0.15) is 36.2 Å². The number of aromatic nitrogens is 2. The third kappa shape index (κ3) is 3.11. The number of amides is 1. The maximum absolute atomic E-state index is 13.1. The van der Waals surface area contributed by atoms with Crippen molar-refractivity contribution in [2.24, 2.45) is 0 Å². The molecule has 1 amide bonds. The van der Waals surface area contributed by atoms with E-state index >= 15 is 0 Å². The molecule has 0 bridgehead atoms. The lowest BCUT2D eigenvalue weighted by atomic mass is 9.72. The number of hydrogen-bond acceptors (Lipinski definition) is 4. The SMILES string of the molecule is Cc1nn(CC(=O)NC2(c3ccc(F)cc3)CCC2)c(C)c1[N+](=O)[O-]. The van der Waals surface area contributed by atoms with Crippen molar-refractivity contribution in [3.8, 4) is 0 Å². The molecule has 0 atom stereocenters. The fourth-order valence-electron chi connectivity index (χ4n) is 3.33. The van der Waals surface area contributed by atoms with Gasteiger partial charge in [0.1, 0.15) is 23.7 Å². The van der Waals surface area contributed by atoms with Crippen LogP contribution in [0.4, 0.5) is 10.1 Å². The van der Waals surface area contributed by atoms with Crippen LogP contribution in [0.15, 0.2) is 24.3 Å². The third-order valence-electron chi connectivity index (χ3n) is 4.80. The van der Waals surface area contributed by atoms with Crippen LogP contribution in [0.5, 0.6) is 0 Å². The fraction of sp³-hybridized carbons (Fsp3) is 0.412. The number of rotatable bonds is 5. The Balaban J connectivity index is 1.77. The first-order chi connectivity index (χ1) is 11.8.